The van der Waals surface area contributed by atoms with Crippen LogP contribution in [-0.2, 0) is 6.54 Å². The van der Waals surface area contributed by atoms with Gasteiger partial charge in [-0.3, -0.25) is 4.90 Å². The summed E-state index contributed by atoms with van der Waals surface area (Å²) in [6, 6.07) is 31.9. The van der Waals surface area contributed by atoms with Gasteiger partial charge in [0.05, 0.1) is 6.04 Å². The standard InChI is InChI=1S/C26H29N3S/c30-26(27-25(23-13-6-2-7-14-23)24-15-8-3-9-16-24)29-18-10-17-28(19-20-29)21-22-11-4-1-5-12-22/h1-9,11-16,25H,10,17-21H2,(H,27,30). The van der Waals surface area contributed by atoms with Crippen LogP contribution >= 0.6 is 12.2 Å². The molecule has 0 unspecified atom stereocenters. The van der Waals surface area contributed by atoms with Crippen LogP contribution in [0.4, 0.5) is 0 Å². The van der Waals surface area contributed by atoms with Crippen molar-refractivity contribution in [1.82, 2.24) is 15.1 Å². The number of nitrogens with zero attached hydrogens (tertiary/aromatic N) is 2. The summed E-state index contributed by atoms with van der Waals surface area (Å²) in [5, 5.41) is 4.49. The Kier molecular flexibility index (Phi) is 7.11. The van der Waals surface area contributed by atoms with E-state index in [-0.39, 0.29) is 6.04 Å². The summed E-state index contributed by atoms with van der Waals surface area (Å²) in [4.78, 5) is 4.86. The van der Waals surface area contributed by atoms with Crippen molar-refractivity contribution >= 4 is 17.3 Å². The van der Waals surface area contributed by atoms with Crippen molar-refractivity contribution in [3.8, 4) is 0 Å². The maximum atomic E-state index is 5.88. The van der Waals surface area contributed by atoms with E-state index in [2.05, 4.69) is 106 Å². The first-order valence-electron chi connectivity index (χ1n) is 10.7. The molecule has 4 rings (SSSR count). The molecule has 0 aliphatic carbocycles. The molecule has 1 N–H and O–H groups in total. The molecular weight excluding hydrogens is 386 g/mol. The predicted octanol–water partition coefficient (Wildman–Crippen LogP) is 4.86. The normalized spacial score (nSPS) is 15.0. The van der Waals surface area contributed by atoms with Crippen molar-refractivity contribution in [2.24, 2.45) is 0 Å². The van der Waals surface area contributed by atoms with E-state index in [9.17, 15) is 0 Å². The van der Waals surface area contributed by atoms with Crippen LogP contribution in [0.2, 0.25) is 0 Å². The Balaban J connectivity index is 1.41. The predicted molar refractivity (Wildman–Crippen MR) is 128 cm³/mol. The lowest BCUT2D eigenvalue weighted by Gasteiger charge is -2.29. The lowest BCUT2D eigenvalue weighted by atomic mass is 9.99. The summed E-state index contributed by atoms with van der Waals surface area (Å²) in [6.45, 7) is 5.08. The zero-order valence-corrected chi connectivity index (χ0v) is 18.1. The third kappa shape index (κ3) is 5.47. The average Bonchev–Trinajstić information content (AvgIpc) is 3.05. The number of rotatable bonds is 5. The molecule has 0 saturated carbocycles. The van der Waals surface area contributed by atoms with Crippen molar-refractivity contribution < 1.29 is 0 Å². The van der Waals surface area contributed by atoms with E-state index < -0.39 is 0 Å². The van der Waals surface area contributed by atoms with E-state index in [0.29, 0.717) is 0 Å². The van der Waals surface area contributed by atoms with Crippen molar-refractivity contribution in [2.75, 3.05) is 26.2 Å². The number of hydrogen-bond acceptors (Lipinski definition) is 2. The van der Waals surface area contributed by atoms with E-state index >= 15 is 0 Å². The Bertz CT molecular complexity index is 875. The molecule has 0 spiro atoms. The van der Waals surface area contributed by atoms with Gasteiger partial charge in [0.25, 0.3) is 0 Å². The van der Waals surface area contributed by atoms with Crippen molar-refractivity contribution in [1.29, 1.82) is 0 Å². The fourth-order valence-corrected chi connectivity index (χ4v) is 4.34. The topological polar surface area (TPSA) is 18.5 Å². The lowest BCUT2D eigenvalue weighted by molar-refractivity contribution is 0.277. The van der Waals surface area contributed by atoms with E-state index in [1.54, 1.807) is 0 Å². The molecule has 1 aliphatic heterocycles. The van der Waals surface area contributed by atoms with Crippen LogP contribution in [0.3, 0.4) is 0 Å². The second-order valence-electron chi connectivity index (χ2n) is 7.81. The fraction of sp³-hybridized carbons (Fsp3) is 0.269. The molecule has 0 radical (unpaired) electrons. The van der Waals surface area contributed by atoms with Gasteiger partial charge in [0, 0.05) is 32.7 Å². The summed E-state index contributed by atoms with van der Waals surface area (Å²) >= 11 is 5.88. The minimum atomic E-state index is 0.0589. The zero-order chi connectivity index (χ0) is 20.6. The highest BCUT2D eigenvalue weighted by Crippen LogP contribution is 2.22. The number of hydrogen-bond donors (Lipinski definition) is 1. The highest BCUT2D eigenvalue weighted by molar-refractivity contribution is 7.80. The molecular formula is C26H29N3S. The minimum Gasteiger partial charge on any atom is -0.352 e. The second-order valence-corrected chi connectivity index (χ2v) is 8.19. The quantitative estimate of drug-likeness (QED) is 0.600. The van der Waals surface area contributed by atoms with Crippen molar-refractivity contribution in [3.63, 3.8) is 0 Å². The maximum Gasteiger partial charge on any atom is 0.169 e. The van der Waals surface area contributed by atoms with E-state index in [1.807, 2.05) is 0 Å². The van der Waals surface area contributed by atoms with Gasteiger partial charge in [-0.2, -0.15) is 0 Å². The van der Waals surface area contributed by atoms with E-state index in [0.717, 1.165) is 44.3 Å². The lowest BCUT2D eigenvalue weighted by Crippen LogP contribution is -2.43. The maximum absolute atomic E-state index is 5.88. The molecule has 4 heteroatoms. The fourth-order valence-electron chi connectivity index (χ4n) is 4.04. The molecule has 154 valence electrons. The average molecular weight is 416 g/mol. The smallest absolute Gasteiger partial charge is 0.169 e. The van der Waals surface area contributed by atoms with Gasteiger partial charge in [0.1, 0.15) is 0 Å². The molecule has 0 aromatic heterocycles. The van der Waals surface area contributed by atoms with Crippen molar-refractivity contribution in [3.05, 3.63) is 108 Å². The van der Waals surface area contributed by atoms with Gasteiger partial charge < -0.3 is 10.2 Å². The van der Waals surface area contributed by atoms with E-state index in [1.165, 1.54) is 16.7 Å². The van der Waals surface area contributed by atoms with Gasteiger partial charge >= 0.3 is 0 Å². The molecule has 30 heavy (non-hydrogen) atoms. The molecule has 0 atom stereocenters. The molecule has 1 saturated heterocycles. The number of nitrogens with one attached hydrogen (secondary N) is 1. The van der Waals surface area contributed by atoms with Crippen LogP contribution in [0.5, 0.6) is 0 Å². The molecule has 0 amide bonds. The number of benzene rings is 3. The minimum absolute atomic E-state index is 0.0589. The molecule has 1 fully saturated rings. The largest absolute Gasteiger partial charge is 0.352 e. The molecule has 3 aromatic rings. The highest BCUT2D eigenvalue weighted by atomic mass is 32.1. The first-order chi connectivity index (χ1) is 14.8. The van der Waals surface area contributed by atoms with Gasteiger partial charge in [-0.1, -0.05) is 91.0 Å². The van der Waals surface area contributed by atoms with Gasteiger partial charge in [-0.05, 0) is 35.3 Å². The molecule has 3 nitrogen and oxygen atoms in total. The van der Waals surface area contributed by atoms with Gasteiger partial charge in [0.2, 0.25) is 0 Å². The van der Waals surface area contributed by atoms with E-state index in [4.69, 9.17) is 12.2 Å². The third-order valence-corrected chi connectivity index (χ3v) is 6.03. The van der Waals surface area contributed by atoms with Crippen molar-refractivity contribution in [2.45, 2.75) is 19.0 Å². The summed E-state index contributed by atoms with van der Waals surface area (Å²) < 4.78 is 0. The Morgan fingerprint density at radius 2 is 1.30 bits per heavy atom. The summed E-state index contributed by atoms with van der Waals surface area (Å²) in [5.41, 5.74) is 3.83. The van der Waals surface area contributed by atoms with Gasteiger partial charge in [-0.25, -0.2) is 0 Å². The summed E-state index contributed by atoms with van der Waals surface area (Å²) in [7, 11) is 0. The Hall–Kier alpha value is -2.69. The Morgan fingerprint density at radius 3 is 1.90 bits per heavy atom. The van der Waals surface area contributed by atoms with Gasteiger partial charge in [-0.15, -0.1) is 0 Å². The Labute approximate surface area is 185 Å². The first kappa shape index (κ1) is 20.6. The Morgan fingerprint density at radius 1 is 0.733 bits per heavy atom. The van der Waals surface area contributed by atoms with Crippen LogP contribution in [0.15, 0.2) is 91.0 Å². The van der Waals surface area contributed by atoms with Crippen LogP contribution < -0.4 is 5.32 Å². The molecule has 0 bridgehead atoms. The van der Waals surface area contributed by atoms with Gasteiger partial charge in [0.15, 0.2) is 5.11 Å². The van der Waals surface area contributed by atoms with Crippen LogP contribution in [-0.4, -0.2) is 41.1 Å². The summed E-state index contributed by atoms with van der Waals surface area (Å²) in [6.07, 6.45) is 1.12. The molecule has 1 heterocycles. The van der Waals surface area contributed by atoms with Crippen LogP contribution in [0.25, 0.3) is 0 Å². The van der Waals surface area contributed by atoms with Crippen LogP contribution in [0, 0.1) is 0 Å². The first-order valence-corrected chi connectivity index (χ1v) is 11.1. The molecule has 3 aromatic carbocycles. The second kappa shape index (κ2) is 10.4. The zero-order valence-electron chi connectivity index (χ0n) is 17.3. The molecule has 1 aliphatic rings. The third-order valence-electron chi connectivity index (χ3n) is 5.66. The SMILES string of the molecule is S=C(NC(c1ccccc1)c1ccccc1)N1CCCN(Cc2ccccc2)CC1. The monoisotopic (exact) mass is 415 g/mol. The summed E-state index contributed by atoms with van der Waals surface area (Å²) in [5.74, 6) is 0. The van der Waals surface area contributed by atoms with Crippen LogP contribution in [0.1, 0.15) is 29.2 Å². The number of thiocarbonyl (C=S) groups is 1. The highest BCUT2D eigenvalue weighted by Gasteiger charge is 2.21.